The summed E-state index contributed by atoms with van der Waals surface area (Å²) in [6, 6.07) is 11.1. The lowest BCUT2D eigenvalue weighted by atomic mass is 9.71. The van der Waals surface area contributed by atoms with Crippen LogP contribution < -0.4 is 5.56 Å². The Bertz CT molecular complexity index is 1040. The minimum absolute atomic E-state index is 0.162. The summed E-state index contributed by atoms with van der Waals surface area (Å²) >= 11 is 0. The molecule has 4 atom stereocenters. The second-order valence-electron chi connectivity index (χ2n) is 9.55. The Kier molecular flexibility index (Phi) is 5.42. The van der Waals surface area contributed by atoms with Gasteiger partial charge in [0.1, 0.15) is 11.4 Å². The molecule has 0 spiro atoms. The maximum Gasteiger partial charge on any atom is 0.260 e. The maximum absolute atomic E-state index is 13.8. The highest BCUT2D eigenvalue weighted by Crippen LogP contribution is 2.42. The Morgan fingerprint density at radius 3 is 2.81 bits per heavy atom. The van der Waals surface area contributed by atoms with E-state index in [2.05, 4.69) is 9.88 Å². The number of halogens is 1. The SMILES string of the molecule is Cc1ccc(C(=O)N2C[C@H]3C[C@@H](C2)[C@H](Cc2cccc(F)c2)N2CCCC[C@@H]32)c(=O)[nH]1. The average Bonchev–Trinajstić information content (AvgIpc) is 2.76. The number of carbonyl (C=O) groups is 1. The fraction of sp³-hybridized carbons (Fsp3) is 0.520. The van der Waals surface area contributed by atoms with Gasteiger partial charge >= 0.3 is 0 Å². The summed E-state index contributed by atoms with van der Waals surface area (Å²) in [5.41, 5.74) is 1.69. The van der Waals surface area contributed by atoms with Crippen molar-refractivity contribution < 1.29 is 9.18 Å². The van der Waals surface area contributed by atoms with Gasteiger partial charge in [-0.15, -0.1) is 0 Å². The molecule has 3 aliphatic heterocycles. The van der Waals surface area contributed by atoms with Crippen LogP contribution in [0.1, 0.15) is 47.3 Å². The van der Waals surface area contributed by atoms with Gasteiger partial charge in [-0.25, -0.2) is 4.39 Å². The second-order valence-corrected chi connectivity index (χ2v) is 9.55. The molecule has 2 bridgehead atoms. The first-order valence-corrected chi connectivity index (χ1v) is 11.5. The molecule has 0 radical (unpaired) electrons. The molecule has 164 valence electrons. The molecule has 31 heavy (non-hydrogen) atoms. The summed E-state index contributed by atoms with van der Waals surface area (Å²) in [5.74, 6) is 0.422. The quantitative estimate of drug-likeness (QED) is 0.824. The van der Waals surface area contributed by atoms with E-state index in [1.165, 1.54) is 18.9 Å². The molecule has 3 aliphatic rings. The van der Waals surface area contributed by atoms with Gasteiger partial charge < -0.3 is 9.88 Å². The number of fused-ring (bicyclic) bond motifs is 4. The van der Waals surface area contributed by atoms with Crippen molar-refractivity contribution in [2.45, 2.75) is 51.1 Å². The zero-order valence-corrected chi connectivity index (χ0v) is 18.0. The standard InChI is InChI=1S/C25H30FN3O2/c1-16-8-9-21(24(30)27-16)25(31)28-14-18-13-19(15-28)23(29-10-3-2-7-22(18)29)12-17-5-4-6-20(26)11-17/h4-6,8-9,11,18-19,22-23H,2-3,7,10,12-15H2,1H3,(H,27,30)/t18-,19+,22+,23+/m1/s1. The van der Waals surface area contributed by atoms with Crippen LogP contribution in [-0.2, 0) is 6.42 Å². The van der Waals surface area contributed by atoms with Crippen LogP contribution in [0.15, 0.2) is 41.2 Å². The molecule has 5 nitrogen and oxygen atoms in total. The summed E-state index contributed by atoms with van der Waals surface area (Å²) < 4.78 is 13.8. The van der Waals surface area contributed by atoms with Crippen LogP contribution in [-0.4, -0.2) is 52.4 Å². The van der Waals surface area contributed by atoms with E-state index < -0.39 is 0 Å². The summed E-state index contributed by atoms with van der Waals surface area (Å²) in [7, 11) is 0. The highest BCUT2D eigenvalue weighted by Gasteiger charge is 2.48. The van der Waals surface area contributed by atoms with Crippen LogP contribution in [0.2, 0.25) is 0 Å². The molecule has 0 saturated carbocycles. The number of benzene rings is 1. The van der Waals surface area contributed by atoms with E-state index in [9.17, 15) is 14.0 Å². The number of aromatic amines is 1. The average molecular weight is 424 g/mol. The lowest BCUT2D eigenvalue weighted by Gasteiger charge is -2.57. The van der Waals surface area contributed by atoms with Gasteiger partial charge in [-0.2, -0.15) is 0 Å². The van der Waals surface area contributed by atoms with E-state index in [-0.39, 0.29) is 22.8 Å². The first-order valence-electron chi connectivity index (χ1n) is 11.5. The first kappa shape index (κ1) is 20.4. The molecule has 3 fully saturated rings. The molecule has 1 aromatic heterocycles. The number of likely N-dealkylation sites (tertiary alicyclic amines) is 1. The van der Waals surface area contributed by atoms with Crippen molar-refractivity contribution >= 4 is 5.91 Å². The highest BCUT2D eigenvalue weighted by atomic mass is 19.1. The summed E-state index contributed by atoms with van der Waals surface area (Å²) in [6.07, 6.45) is 5.50. The Labute approximate surface area is 182 Å². The molecule has 3 saturated heterocycles. The summed E-state index contributed by atoms with van der Waals surface area (Å²) in [4.78, 5) is 33.0. The van der Waals surface area contributed by atoms with Crippen molar-refractivity contribution in [2.75, 3.05) is 19.6 Å². The number of aromatic nitrogens is 1. The van der Waals surface area contributed by atoms with Crippen molar-refractivity contribution in [3.05, 3.63) is 69.4 Å². The molecule has 1 N–H and O–H groups in total. The number of H-pyrrole nitrogens is 1. The molecular formula is C25H30FN3O2. The van der Waals surface area contributed by atoms with Crippen molar-refractivity contribution in [2.24, 2.45) is 11.8 Å². The fourth-order valence-electron chi connectivity index (χ4n) is 6.17. The molecule has 0 unspecified atom stereocenters. The topological polar surface area (TPSA) is 56.4 Å². The van der Waals surface area contributed by atoms with Crippen molar-refractivity contribution in [3.8, 4) is 0 Å². The number of hydrogen-bond acceptors (Lipinski definition) is 3. The Morgan fingerprint density at radius 2 is 2.00 bits per heavy atom. The zero-order chi connectivity index (χ0) is 21.5. The van der Waals surface area contributed by atoms with E-state index >= 15 is 0 Å². The Balaban J connectivity index is 1.43. The second kappa shape index (κ2) is 8.23. The Morgan fingerprint density at radius 1 is 1.16 bits per heavy atom. The number of amides is 1. The molecular weight excluding hydrogens is 393 g/mol. The van der Waals surface area contributed by atoms with E-state index in [1.807, 2.05) is 17.9 Å². The molecule has 0 aliphatic carbocycles. The number of aryl methyl sites for hydroxylation is 1. The lowest BCUT2D eigenvalue weighted by molar-refractivity contribution is -0.0642. The number of nitrogens with zero attached hydrogens (tertiary/aromatic N) is 2. The molecule has 4 heterocycles. The number of nitrogens with one attached hydrogen (secondary N) is 1. The number of rotatable bonds is 3. The highest BCUT2D eigenvalue weighted by molar-refractivity contribution is 5.94. The summed E-state index contributed by atoms with van der Waals surface area (Å²) in [6.45, 7) is 4.28. The first-order chi connectivity index (χ1) is 15.0. The third-order valence-corrected chi connectivity index (χ3v) is 7.53. The van der Waals surface area contributed by atoms with Gasteiger partial charge in [-0.1, -0.05) is 18.6 Å². The van der Waals surface area contributed by atoms with E-state index in [0.29, 0.717) is 30.5 Å². The van der Waals surface area contributed by atoms with Crippen LogP contribution in [0.5, 0.6) is 0 Å². The fourth-order valence-corrected chi connectivity index (χ4v) is 6.17. The van der Waals surface area contributed by atoms with Gasteiger partial charge in [-0.05, 0) is 80.8 Å². The van der Waals surface area contributed by atoms with Gasteiger partial charge in [0.2, 0.25) is 0 Å². The van der Waals surface area contributed by atoms with Crippen LogP contribution in [0.4, 0.5) is 4.39 Å². The predicted molar refractivity (Wildman–Crippen MR) is 118 cm³/mol. The number of piperidine rings is 3. The van der Waals surface area contributed by atoms with E-state index in [0.717, 1.165) is 43.6 Å². The molecule has 1 aromatic carbocycles. The van der Waals surface area contributed by atoms with Crippen LogP contribution in [0.25, 0.3) is 0 Å². The van der Waals surface area contributed by atoms with Crippen molar-refractivity contribution in [1.29, 1.82) is 0 Å². The third kappa shape index (κ3) is 3.93. The lowest BCUT2D eigenvalue weighted by Crippen LogP contribution is -2.64. The zero-order valence-electron chi connectivity index (χ0n) is 18.0. The largest absolute Gasteiger partial charge is 0.338 e. The Hall–Kier alpha value is -2.47. The van der Waals surface area contributed by atoms with E-state index in [4.69, 9.17) is 0 Å². The number of carbonyl (C=O) groups excluding carboxylic acids is 1. The normalized spacial score (nSPS) is 28.3. The third-order valence-electron chi connectivity index (χ3n) is 7.53. The van der Waals surface area contributed by atoms with Crippen LogP contribution >= 0.6 is 0 Å². The van der Waals surface area contributed by atoms with Gasteiger partial charge in [0.05, 0.1) is 0 Å². The monoisotopic (exact) mass is 423 g/mol. The van der Waals surface area contributed by atoms with Gasteiger partial charge in [0.25, 0.3) is 11.5 Å². The maximum atomic E-state index is 13.8. The van der Waals surface area contributed by atoms with Crippen molar-refractivity contribution in [1.82, 2.24) is 14.8 Å². The minimum atomic E-state index is -0.309. The van der Waals surface area contributed by atoms with Gasteiger partial charge in [0.15, 0.2) is 0 Å². The molecule has 2 aromatic rings. The van der Waals surface area contributed by atoms with Gasteiger partial charge in [0, 0.05) is 30.9 Å². The smallest absolute Gasteiger partial charge is 0.260 e. The molecule has 1 amide bonds. The molecule has 5 rings (SSSR count). The van der Waals surface area contributed by atoms with Crippen LogP contribution in [0.3, 0.4) is 0 Å². The predicted octanol–water partition coefficient (Wildman–Crippen LogP) is 3.38. The number of hydrogen-bond donors (Lipinski definition) is 1. The van der Waals surface area contributed by atoms with Crippen LogP contribution in [0, 0.1) is 24.6 Å². The molecule has 6 heteroatoms. The minimum Gasteiger partial charge on any atom is -0.338 e. The van der Waals surface area contributed by atoms with Crippen molar-refractivity contribution in [3.63, 3.8) is 0 Å². The summed E-state index contributed by atoms with van der Waals surface area (Å²) in [5, 5.41) is 0. The van der Waals surface area contributed by atoms with E-state index in [1.54, 1.807) is 24.3 Å². The number of pyridine rings is 1. The van der Waals surface area contributed by atoms with Gasteiger partial charge in [-0.3, -0.25) is 14.5 Å².